The van der Waals surface area contributed by atoms with Crippen molar-refractivity contribution in [3.8, 4) is 0 Å². The summed E-state index contributed by atoms with van der Waals surface area (Å²) in [6, 6.07) is 4.91. The van der Waals surface area contributed by atoms with Gasteiger partial charge < -0.3 is 21.6 Å². The van der Waals surface area contributed by atoms with Crippen molar-refractivity contribution < 1.29 is 9.90 Å². The standard InChI is InChI=1S/C13H15N3O3.ClH/c14-6-2-4-8-11(13(18)19)16-10-7(12(8)17)3-1-5-9(10)15;/h1,3,5H,2,4,6,14-15H2,(H,16,17)(H,18,19);1H. The van der Waals surface area contributed by atoms with E-state index in [0.29, 0.717) is 36.0 Å². The minimum absolute atomic E-state index is 0. The van der Waals surface area contributed by atoms with Crippen molar-refractivity contribution in [2.75, 3.05) is 12.3 Å². The Morgan fingerprint density at radius 3 is 2.65 bits per heavy atom. The number of fused-ring (bicyclic) bond motifs is 1. The summed E-state index contributed by atoms with van der Waals surface area (Å²) in [5.41, 5.74) is 11.7. The molecule has 20 heavy (non-hydrogen) atoms. The molecule has 0 amide bonds. The molecule has 0 fully saturated rings. The van der Waals surface area contributed by atoms with Crippen molar-refractivity contribution in [3.63, 3.8) is 0 Å². The number of aromatic carboxylic acids is 1. The van der Waals surface area contributed by atoms with E-state index >= 15 is 0 Å². The predicted molar refractivity (Wildman–Crippen MR) is 80.6 cm³/mol. The number of hydrogen-bond acceptors (Lipinski definition) is 4. The van der Waals surface area contributed by atoms with Crippen molar-refractivity contribution in [2.24, 2.45) is 5.73 Å². The minimum atomic E-state index is -1.17. The molecule has 1 aromatic carbocycles. The van der Waals surface area contributed by atoms with E-state index in [1.54, 1.807) is 18.2 Å². The Balaban J connectivity index is 0.00000200. The van der Waals surface area contributed by atoms with Crippen molar-refractivity contribution in [3.05, 3.63) is 39.7 Å². The van der Waals surface area contributed by atoms with E-state index in [4.69, 9.17) is 11.5 Å². The molecule has 0 saturated carbocycles. The smallest absolute Gasteiger partial charge is 0.352 e. The van der Waals surface area contributed by atoms with Crippen LogP contribution in [0.4, 0.5) is 5.69 Å². The molecule has 6 N–H and O–H groups in total. The van der Waals surface area contributed by atoms with Crippen molar-refractivity contribution in [1.29, 1.82) is 0 Å². The Hall–Kier alpha value is -2.05. The van der Waals surface area contributed by atoms with Gasteiger partial charge in [0, 0.05) is 10.9 Å². The third-order valence-electron chi connectivity index (χ3n) is 3.01. The maximum atomic E-state index is 12.3. The van der Waals surface area contributed by atoms with Crippen LogP contribution in [-0.2, 0) is 6.42 Å². The number of carbonyl (C=O) groups is 1. The van der Waals surface area contributed by atoms with Gasteiger partial charge in [0.2, 0.25) is 0 Å². The lowest BCUT2D eigenvalue weighted by atomic mass is 10.0. The lowest BCUT2D eigenvalue weighted by Crippen LogP contribution is -2.19. The number of rotatable bonds is 4. The van der Waals surface area contributed by atoms with Crippen LogP contribution in [0.5, 0.6) is 0 Å². The molecule has 108 valence electrons. The van der Waals surface area contributed by atoms with E-state index < -0.39 is 5.97 Å². The van der Waals surface area contributed by atoms with Crippen LogP contribution in [0.2, 0.25) is 0 Å². The summed E-state index contributed by atoms with van der Waals surface area (Å²) < 4.78 is 0. The molecule has 0 aliphatic carbocycles. The SMILES string of the molecule is Cl.NCCCc1c(C(=O)O)[nH]c2c(N)cccc2c1=O. The molecule has 0 bridgehead atoms. The number of hydrogen-bond donors (Lipinski definition) is 4. The molecular weight excluding hydrogens is 282 g/mol. The molecule has 0 unspecified atom stereocenters. The molecule has 1 aromatic heterocycles. The second-order valence-corrected chi connectivity index (χ2v) is 4.27. The summed E-state index contributed by atoms with van der Waals surface area (Å²) in [5.74, 6) is -1.17. The van der Waals surface area contributed by atoms with Crippen LogP contribution >= 0.6 is 12.4 Å². The summed E-state index contributed by atoms with van der Waals surface area (Å²) in [6.45, 7) is 0.396. The Morgan fingerprint density at radius 1 is 1.35 bits per heavy atom. The third kappa shape index (κ3) is 2.76. The number of carboxylic acid groups (broad SMARTS) is 1. The highest BCUT2D eigenvalue weighted by atomic mass is 35.5. The second-order valence-electron chi connectivity index (χ2n) is 4.27. The normalized spacial score (nSPS) is 10.2. The second kappa shape index (κ2) is 6.40. The van der Waals surface area contributed by atoms with Gasteiger partial charge in [0.25, 0.3) is 0 Å². The number of carboxylic acids is 1. The summed E-state index contributed by atoms with van der Waals surface area (Å²) in [7, 11) is 0. The minimum Gasteiger partial charge on any atom is -0.477 e. The molecule has 7 heteroatoms. The number of nitrogen functional groups attached to an aromatic ring is 1. The number of nitrogens with two attached hydrogens (primary N) is 2. The largest absolute Gasteiger partial charge is 0.477 e. The fourth-order valence-electron chi connectivity index (χ4n) is 2.08. The van der Waals surface area contributed by atoms with Crippen LogP contribution in [0.15, 0.2) is 23.0 Å². The van der Waals surface area contributed by atoms with E-state index in [1.165, 1.54) is 0 Å². The first-order chi connectivity index (χ1) is 9.06. The van der Waals surface area contributed by atoms with Crippen molar-refractivity contribution >= 4 is 35.0 Å². The quantitative estimate of drug-likeness (QED) is 0.630. The Morgan fingerprint density at radius 2 is 2.05 bits per heavy atom. The fourth-order valence-corrected chi connectivity index (χ4v) is 2.08. The molecule has 0 radical (unpaired) electrons. The number of aromatic amines is 1. The molecule has 0 aliphatic heterocycles. The molecule has 0 atom stereocenters. The van der Waals surface area contributed by atoms with Gasteiger partial charge in [-0.25, -0.2) is 4.79 Å². The fraction of sp³-hybridized carbons (Fsp3) is 0.231. The van der Waals surface area contributed by atoms with Crippen molar-refractivity contribution in [2.45, 2.75) is 12.8 Å². The third-order valence-corrected chi connectivity index (χ3v) is 3.01. The average molecular weight is 298 g/mol. The van der Waals surface area contributed by atoms with Crippen LogP contribution < -0.4 is 16.9 Å². The van der Waals surface area contributed by atoms with E-state index in [0.717, 1.165) is 0 Å². The zero-order chi connectivity index (χ0) is 14.0. The van der Waals surface area contributed by atoms with Gasteiger partial charge in [-0.05, 0) is 31.5 Å². The number of pyridine rings is 1. The number of benzene rings is 1. The van der Waals surface area contributed by atoms with E-state index in [-0.39, 0.29) is 29.1 Å². The number of aromatic nitrogens is 1. The van der Waals surface area contributed by atoms with Crippen LogP contribution in [0.1, 0.15) is 22.5 Å². The van der Waals surface area contributed by atoms with Crippen LogP contribution in [-0.4, -0.2) is 22.6 Å². The first kappa shape index (κ1) is 16.0. The highest BCUT2D eigenvalue weighted by Crippen LogP contribution is 2.18. The number of halogens is 1. The highest BCUT2D eigenvalue weighted by molar-refractivity contribution is 5.95. The summed E-state index contributed by atoms with van der Waals surface area (Å²) in [4.78, 5) is 26.3. The average Bonchev–Trinajstić information content (AvgIpc) is 2.38. The summed E-state index contributed by atoms with van der Waals surface area (Å²) >= 11 is 0. The highest BCUT2D eigenvalue weighted by Gasteiger charge is 2.17. The van der Waals surface area contributed by atoms with Gasteiger partial charge >= 0.3 is 5.97 Å². The number of para-hydroxylation sites is 1. The van der Waals surface area contributed by atoms with Crippen LogP contribution in [0.25, 0.3) is 10.9 Å². The van der Waals surface area contributed by atoms with E-state index in [2.05, 4.69) is 4.98 Å². The number of H-pyrrole nitrogens is 1. The first-order valence-corrected chi connectivity index (χ1v) is 5.93. The van der Waals surface area contributed by atoms with E-state index in [9.17, 15) is 14.7 Å². The molecule has 0 spiro atoms. The first-order valence-electron chi connectivity index (χ1n) is 5.93. The zero-order valence-electron chi connectivity index (χ0n) is 10.7. The van der Waals surface area contributed by atoms with E-state index in [1.807, 2.05) is 0 Å². The molecule has 2 aromatic rings. The molecule has 0 saturated heterocycles. The van der Waals surface area contributed by atoms with Crippen LogP contribution in [0, 0.1) is 0 Å². The molecule has 0 aliphatic rings. The summed E-state index contributed by atoms with van der Waals surface area (Å²) in [5, 5.41) is 9.60. The Labute approximate surface area is 121 Å². The van der Waals surface area contributed by atoms with Gasteiger partial charge in [0.1, 0.15) is 5.69 Å². The zero-order valence-corrected chi connectivity index (χ0v) is 11.5. The lowest BCUT2D eigenvalue weighted by Gasteiger charge is -2.09. The Kier molecular flexibility index (Phi) is 5.12. The molecule has 6 nitrogen and oxygen atoms in total. The molecule has 1 heterocycles. The van der Waals surface area contributed by atoms with Gasteiger partial charge in [-0.15, -0.1) is 12.4 Å². The van der Waals surface area contributed by atoms with Gasteiger partial charge in [0.15, 0.2) is 5.43 Å². The lowest BCUT2D eigenvalue weighted by molar-refractivity contribution is 0.0689. The van der Waals surface area contributed by atoms with Gasteiger partial charge in [-0.2, -0.15) is 0 Å². The maximum absolute atomic E-state index is 12.3. The van der Waals surface area contributed by atoms with Gasteiger partial charge in [0.05, 0.1) is 11.2 Å². The summed E-state index contributed by atoms with van der Waals surface area (Å²) in [6.07, 6.45) is 0.884. The molecular formula is C13H16ClN3O3. The Bertz CT molecular complexity index is 697. The molecule has 2 rings (SSSR count). The maximum Gasteiger partial charge on any atom is 0.352 e. The number of nitrogens with one attached hydrogen (secondary N) is 1. The monoisotopic (exact) mass is 297 g/mol. The van der Waals surface area contributed by atoms with Gasteiger partial charge in [-0.1, -0.05) is 6.07 Å². The predicted octanol–water partition coefficient (Wildman–Crippen LogP) is 1.12. The number of anilines is 1. The van der Waals surface area contributed by atoms with Gasteiger partial charge in [-0.3, -0.25) is 4.79 Å². The van der Waals surface area contributed by atoms with Crippen molar-refractivity contribution in [1.82, 2.24) is 4.98 Å². The van der Waals surface area contributed by atoms with Crippen LogP contribution in [0.3, 0.4) is 0 Å². The topological polar surface area (TPSA) is 122 Å².